The molecule has 0 aliphatic heterocycles. The molecule has 250 valence electrons. The molecule has 0 aliphatic carbocycles. The van der Waals surface area contributed by atoms with Crippen molar-refractivity contribution in [3.8, 4) is 18.1 Å². The van der Waals surface area contributed by atoms with E-state index >= 15 is 0 Å². The SMILES string of the molecule is C#CC(CC)C(C=C)C(=O)N(C)C(CC(OC(C)=O)c1nc(C(=O)NC(Cc2ccc(OC)cc2)CC(C)C(=O)O)cs1)C(C)C. The van der Waals surface area contributed by atoms with Crippen LogP contribution in [0.2, 0.25) is 0 Å². The quantitative estimate of drug-likeness (QED) is 0.122. The van der Waals surface area contributed by atoms with Gasteiger partial charge < -0.3 is 24.8 Å². The van der Waals surface area contributed by atoms with Gasteiger partial charge in [-0.05, 0) is 42.9 Å². The van der Waals surface area contributed by atoms with Crippen molar-refractivity contribution in [2.75, 3.05) is 14.2 Å². The average molecular weight is 654 g/mol. The topological polar surface area (TPSA) is 135 Å². The minimum absolute atomic E-state index is 0.0129. The number of ether oxygens (including phenoxy) is 2. The van der Waals surface area contributed by atoms with Gasteiger partial charge in [-0.1, -0.05) is 45.9 Å². The zero-order chi connectivity index (χ0) is 34.6. The summed E-state index contributed by atoms with van der Waals surface area (Å²) in [5.74, 6) is -0.292. The molecule has 0 bridgehead atoms. The van der Waals surface area contributed by atoms with Gasteiger partial charge in [0.15, 0.2) is 6.10 Å². The van der Waals surface area contributed by atoms with Gasteiger partial charge in [0.1, 0.15) is 16.5 Å². The highest BCUT2D eigenvalue weighted by Crippen LogP contribution is 2.32. The van der Waals surface area contributed by atoms with Crippen LogP contribution in [0.4, 0.5) is 0 Å². The van der Waals surface area contributed by atoms with E-state index in [4.69, 9.17) is 15.9 Å². The molecule has 2 amide bonds. The molecule has 0 spiro atoms. The third kappa shape index (κ3) is 10.7. The van der Waals surface area contributed by atoms with Crippen molar-refractivity contribution in [3.05, 3.63) is 58.6 Å². The van der Waals surface area contributed by atoms with Crippen LogP contribution in [0.1, 0.15) is 81.0 Å². The smallest absolute Gasteiger partial charge is 0.306 e. The van der Waals surface area contributed by atoms with Crippen LogP contribution in [-0.2, 0) is 25.5 Å². The standard InChI is InChI=1S/C35H47N3O7S/c1-10-25(11-2)28(12-3)34(41)38(8)30(21(4)5)19-31(45-23(7)39)33-37-29(20-46-33)32(40)36-26(17-22(6)35(42)43)18-24-13-15-27(44-9)16-14-24/h1,12-16,20-22,25-26,28,30-31H,3,11,17-19H2,2,4-9H3,(H,36,40)(H,42,43). The van der Waals surface area contributed by atoms with Crippen molar-refractivity contribution >= 4 is 35.1 Å². The van der Waals surface area contributed by atoms with E-state index in [2.05, 4.69) is 22.8 Å². The third-order valence-electron chi connectivity index (χ3n) is 8.07. The normalized spacial score (nSPS) is 14.9. The van der Waals surface area contributed by atoms with E-state index in [1.807, 2.05) is 32.9 Å². The molecule has 10 nitrogen and oxygen atoms in total. The molecule has 1 heterocycles. The third-order valence-corrected chi connectivity index (χ3v) is 9.01. The van der Waals surface area contributed by atoms with E-state index in [1.54, 1.807) is 49.6 Å². The van der Waals surface area contributed by atoms with Gasteiger partial charge in [0, 0.05) is 43.8 Å². The Balaban J connectivity index is 2.31. The summed E-state index contributed by atoms with van der Waals surface area (Å²) in [4.78, 5) is 56.9. The second-order valence-corrected chi connectivity index (χ2v) is 12.7. The van der Waals surface area contributed by atoms with Crippen molar-refractivity contribution in [3.63, 3.8) is 0 Å². The maximum Gasteiger partial charge on any atom is 0.306 e. The number of carboxylic acids is 1. The second-order valence-electron chi connectivity index (χ2n) is 11.8. The highest BCUT2D eigenvalue weighted by molar-refractivity contribution is 7.09. The number of terminal acetylenes is 1. The molecule has 1 aromatic carbocycles. The number of carboxylic acid groups (broad SMARTS) is 1. The van der Waals surface area contributed by atoms with E-state index in [9.17, 15) is 24.3 Å². The van der Waals surface area contributed by atoms with Crippen LogP contribution >= 0.6 is 11.3 Å². The van der Waals surface area contributed by atoms with Gasteiger partial charge in [-0.3, -0.25) is 19.2 Å². The first-order chi connectivity index (χ1) is 21.8. The highest BCUT2D eigenvalue weighted by Gasteiger charge is 2.34. The Morgan fingerprint density at radius 1 is 1.17 bits per heavy atom. The number of hydrogen-bond donors (Lipinski definition) is 2. The Labute approximate surface area is 276 Å². The lowest BCUT2D eigenvalue weighted by Gasteiger charge is -2.35. The molecule has 2 N–H and O–H groups in total. The van der Waals surface area contributed by atoms with Crippen molar-refractivity contribution in [1.82, 2.24) is 15.2 Å². The molecule has 46 heavy (non-hydrogen) atoms. The van der Waals surface area contributed by atoms with Crippen molar-refractivity contribution in [2.24, 2.45) is 23.7 Å². The van der Waals surface area contributed by atoms with Crippen LogP contribution in [0.15, 0.2) is 42.3 Å². The lowest BCUT2D eigenvalue weighted by atomic mass is 9.88. The number of rotatable bonds is 18. The summed E-state index contributed by atoms with van der Waals surface area (Å²) >= 11 is 1.18. The van der Waals surface area contributed by atoms with E-state index in [0.717, 1.165) is 5.56 Å². The molecule has 0 saturated carbocycles. The van der Waals surface area contributed by atoms with Crippen LogP contribution in [0, 0.1) is 36.0 Å². The van der Waals surface area contributed by atoms with E-state index in [1.165, 1.54) is 18.3 Å². The molecule has 6 atom stereocenters. The van der Waals surface area contributed by atoms with Crippen molar-refractivity contribution in [1.29, 1.82) is 0 Å². The maximum absolute atomic E-state index is 13.5. The number of esters is 1. The van der Waals surface area contributed by atoms with Crippen molar-refractivity contribution in [2.45, 2.75) is 78.5 Å². The summed E-state index contributed by atoms with van der Waals surface area (Å²) in [7, 11) is 3.28. The molecule has 0 aliphatic rings. The number of nitrogens with one attached hydrogen (secondary N) is 1. The number of thiazole rings is 1. The molecule has 2 aromatic rings. The lowest BCUT2D eigenvalue weighted by Crippen LogP contribution is -2.45. The number of methoxy groups -OCH3 is 1. The summed E-state index contributed by atoms with van der Waals surface area (Å²) < 4.78 is 10.9. The molecule has 1 aromatic heterocycles. The van der Waals surface area contributed by atoms with Gasteiger partial charge in [0.05, 0.1) is 18.9 Å². The largest absolute Gasteiger partial charge is 0.497 e. The fraction of sp³-hybridized carbons (Fsp3) is 0.514. The summed E-state index contributed by atoms with van der Waals surface area (Å²) in [6, 6.07) is 6.52. The van der Waals surface area contributed by atoms with Gasteiger partial charge in [0.25, 0.3) is 5.91 Å². The first-order valence-electron chi connectivity index (χ1n) is 15.4. The Morgan fingerprint density at radius 3 is 2.33 bits per heavy atom. The number of carbonyl (C=O) groups excluding carboxylic acids is 3. The van der Waals surface area contributed by atoms with Crippen LogP contribution in [0.5, 0.6) is 5.75 Å². The fourth-order valence-electron chi connectivity index (χ4n) is 5.37. The molecular weight excluding hydrogens is 606 g/mol. The van der Waals surface area contributed by atoms with E-state index in [-0.39, 0.29) is 42.3 Å². The summed E-state index contributed by atoms with van der Waals surface area (Å²) in [5, 5.41) is 14.5. The monoisotopic (exact) mass is 653 g/mol. The first-order valence-corrected chi connectivity index (χ1v) is 16.3. The Kier molecular flexibility index (Phi) is 15.0. The molecule has 2 rings (SSSR count). The number of amides is 2. The van der Waals surface area contributed by atoms with Crippen LogP contribution in [0.3, 0.4) is 0 Å². The number of aromatic nitrogens is 1. The predicted molar refractivity (Wildman–Crippen MR) is 178 cm³/mol. The van der Waals surface area contributed by atoms with Gasteiger partial charge in [-0.2, -0.15) is 0 Å². The molecular formula is C35H47N3O7S. The van der Waals surface area contributed by atoms with E-state index < -0.39 is 41.8 Å². The van der Waals surface area contributed by atoms with E-state index in [0.29, 0.717) is 23.6 Å². The second kappa shape index (κ2) is 18.1. The predicted octanol–water partition coefficient (Wildman–Crippen LogP) is 5.54. The number of hydrogen-bond acceptors (Lipinski definition) is 8. The van der Waals surface area contributed by atoms with Crippen LogP contribution < -0.4 is 10.1 Å². The lowest BCUT2D eigenvalue weighted by molar-refractivity contribution is -0.149. The molecule has 0 fully saturated rings. The average Bonchev–Trinajstić information content (AvgIpc) is 3.51. The molecule has 0 saturated heterocycles. The summed E-state index contributed by atoms with van der Waals surface area (Å²) in [5.41, 5.74) is 1.03. The Bertz CT molecular complexity index is 1380. The highest BCUT2D eigenvalue weighted by atomic mass is 32.1. The Hall–Kier alpha value is -4.17. The minimum atomic E-state index is -0.957. The van der Waals surface area contributed by atoms with Crippen molar-refractivity contribution < 1.29 is 33.8 Å². The maximum atomic E-state index is 13.5. The van der Waals surface area contributed by atoms with Crippen LogP contribution in [0.25, 0.3) is 0 Å². The minimum Gasteiger partial charge on any atom is -0.497 e. The zero-order valence-electron chi connectivity index (χ0n) is 27.8. The number of aliphatic carboxylic acids is 1. The fourth-order valence-corrected chi connectivity index (χ4v) is 6.21. The van der Waals surface area contributed by atoms with Gasteiger partial charge >= 0.3 is 11.9 Å². The van der Waals surface area contributed by atoms with Gasteiger partial charge in [-0.25, -0.2) is 4.98 Å². The zero-order valence-corrected chi connectivity index (χ0v) is 28.6. The number of benzene rings is 1. The van der Waals surface area contributed by atoms with Crippen LogP contribution in [-0.4, -0.2) is 65.0 Å². The Morgan fingerprint density at radius 2 is 1.83 bits per heavy atom. The first kappa shape index (κ1) is 38.0. The summed E-state index contributed by atoms with van der Waals surface area (Å²) in [6.07, 6.45) is 7.94. The molecule has 6 unspecified atom stereocenters. The molecule has 0 radical (unpaired) electrons. The van der Waals surface area contributed by atoms with Gasteiger partial charge in [0.2, 0.25) is 5.91 Å². The number of carbonyl (C=O) groups is 4. The summed E-state index contributed by atoms with van der Waals surface area (Å²) in [6.45, 7) is 12.6. The molecule has 11 heteroatoms. The number of nitrogens with zero attached hydrogens (tertiary/aromatic N) is 2. The van der Waals surface area contributed by atoms with Gasteiger partial charge in [-0.15, -0.1) is 30.3 Å².